The molecule has 0 saturated carbocycles. The Labute approximate surface area is 61.6 Å². The van der Waals surface area contributed by atoms with Crippen LogP contribution in [0.4, 0.5) is 8.78 Å². The van der Waals surface area contributed by atoms with E-state index in [-0.39, 0.29) is 0 Å². The van der Waals surface area contributed by atoms with Gasteiger partial charge in [-0.1, -0.05) is 0 Å². The summed E-state index contributed by atoms with van der Waals surface area (Å²) >= 11 is 0. The number of rotatable bonds is 3. The van der Waals surface area contributed by atoms with E-state index in [0.29, 0.717) is 11.8 Å². The Kier molecular flexibility index (Phi) is 2.30. The number of carbonyl (C=O) groups excluding carboxylic acids is 1. The van der Waals surface area contributed by atoms with E-state index in [9.17, 15) is 13.6 Å². The van der Waals surface area contributed by atoms with Crippen molar-refractivity contribution in [1.82, 2.24) is 9.78 Å². The van der Waals surface area contributed by atoms with Crippen LogP contribution in [0.25, 0.3) is 0 Å². The number of carbonyl (C=O) groups is 1. The highest BCUT2D eigenvalue weighted by atomic mass is 19.3. The second-order valence-electron chi connectivity index (χ2n) is 2.00. The molecule has 0 spiro atoms. The van der Waals surface area contributed by atoms with Gasteiger partial charge in [-0.05, 0) is 0 Å². The van der Waals surface area contributed by atoms with E-state index in [1.807, 2.05) is 0 Å². The average molecular weight is 160 g/mol. The summed E-state index contributed by atoms with van der Waals surface area (Å²) in [7, 11) is 0. The Morgan fingerprint density at radius 1 is 1.73 bits per heavy atom. The van der Waals surface area contributed by atoms with Gasteiger partial charge in [0.05, 0.1) is 11.8 Å². The van der Waals surface area contributed by atoms with Crippen LogP contribution in [0.15, 0.2) is 12.4 Å². The van der Waals surface area contributed by atoms with Crippen LogP contribution in [0.2, 0.25) is 0 Å². The molecular formula is C6H6F2N2O. The standard InChI is InChI=1S/C6H6F2N2O/c7-6(8)3-10-2-5(4-11)1-9-10/h1-2,4,6H,3H2. The van der Waals surface area contributed by atoms with E-state index in [1.54, 1.807) is 0 Å². The highest BCUT2D eigenvalue weighted by Gasteiger charge is 2.04. The van der Waals surface area contributed by atoms with Gasteiger partial charge < -0.3 is 0 Å². The SMILES string of the molecule is O=Cc1cnn(CC(F)F)c1. The van der Waals surface area contributed by atoms with Crippen molar-refractivity contribution < 1.29 is 13.6 Å². The van der Waals surface area contributed by atoms with Crippen molar-refractivity contribution in [2.45, 2.75) is 13.0 Å². The molecule has 0 N–H and O–H groups in total. The van der Waals surface area contributed by atoms with Crippen LogP contribution in [-0.4, -0.2) is 22.5 Å². The third-order valence-corrected chi connectivity index (χ3v) is 1.11. The molecule has 3 nitrogen and oxygen atoms in total. The maximum atomic E-state index is 11.7. The molecule has 0 amide bonds. The predicted octanol–water partition coefficient (Wildman–Crippen LogP) is 0.961. The first-order valence-electron chi connectivity index (χ1n) is 2.98. The largest absolute Gasteiger partial charge is 0.298 e. The van der Waals surface area contributed by atoms with Crippen LogP contribution < -0.4 is 0 Å². The molecule has 0 fully saturated rings. The topological polar surface area (TPSA) is 34.9 Å². The van der Waals surface area contributed by atoms with Gasteiger partial charge in [0, 0.05) is 6.20 Å². The molecule has 0 bridgehead atoms. The zero-order valence-corrected chi connectivity index (χ0v) is 5.58. The summed E-state index contributed by atoms with van der Waals surface area (Å²) in [6, 6.07) is 0. The summed E-state index contributed by atoms with van der Waals surface area (Å²) in [5.74, 6) is 0. The fourth-order valence-corrected chi connectivity index (χ4v) is 0.682. The summed E-state index contributed by atoms with van der Waals surface area (Å²) in [4.78, 5) is 10.1. The number of aromatic nitrogens is 2. The fourth-order valence-electron chi connectivity index (χ4n) is 0.682. The number of aldehydes is 1. The minimum absolute atomic E-state index is 0.311. The summed E-state index contributed by atoms with van der Waals surface area (Å²) in [6.45, 7) is -0.464. The van der Waals surface area contributed by atoms with Gasteiger partial charge in [0.1, 0.15) is 6.54 Å². The minimum Gasteiger partial charge on any atom is -0.298 e. The van der Waals surface area contributed by atoms with Crippen molar-refractivity contribution in [3.8, 4) is 0 Å². The summed E-state index contributed by atoms with van der Waals surface area (Å²) in [5, 5.41) is 3.53. The molecule has 1 heterocycles. The van der Waals surface area contributed by atoms with E-state index in [2.05, 4.69) is 5.10 Å². The number of halogens is 2. The Bertz CT molecular complexity index is 246. The molecule has 1 aromatic rings. The van der Waals surface area contributed by atoms with Gasteiger partial charge in [0.25, 0.3) is 6.43 Å². The van der Waals surface area contributed by atoms with E-state index >= 15 is 0 Å². The molecule has 0 aliphatic rings. The Hall–Kier alpha value is -1.26. The van der Waals surface area contributed by atoms with E-state index < -0.39 is 13.0 Å². The molecule has 0 unspecified atom stereocenters. The van der Waals surface area contributed by atoms with Crippen LogP contribution in [-0.2, 0) is 6.54 Å². The lowest BCUT2D eigenvalue weighted by Gasteiger charge is -1.96. The van der Waals surface area contributed by atoms with Crippen molar-refractivity contribution in [2.24, 2.45) is 0 Å². The van der Waals surface area contributed by atoms with Gasteiger partial charge in [-0.15, -0.1) is 0 Å². The fraction of sp³-hybridized carbons (Fsp3) is 0.333. The molecule has 0 saturated heterocycles. The van der Waals surface area contributed by atoms with Crippen molar-refractivity contribution in [3.05, 3.63) is 18.0 Å². The molecule has 11 heavy (non-hydrogen) atoms. The van der Waals surface area contributed by atoms with Gasteiger partial charge in [0.2, 0.25) is 0 Å². The molecular weight excluding hydrogens is 154 g/mol. The number of hydrogen-bond donors (Lipinski definition) is 0. The van der Waals surface area contributed by atoms with Crippen molar-refractivity contribution >= 4 is 6.29 Å². The number of alkyl halides is 2. The second-order valence-corrected chi connectivity index (χ2v) is 2.00. The zero-order valence-electron chi connectivity index (χ0n) is 5.58. The molecule has 0 radical (unpaired) electrons. The highest BCUT2D eigenvalue weighted by molar-refractivity contribution is 5.73. The van der Waals surface area contributed by atoms with Crippen molar-refractivity contribution in [2.75, 3.05) is 0 Å². The molecule has 0 aliphatic carbocycles. The lowest BCUT2D eigenvalue weighted by molar-refractivity contribution is 0.111. The van der Waals surface area contributed by atoms with Gasteiger partial charge >= 0.3 is 0 Å². The Morgan fingerprint density at radius 3 is 2.91 bits per heavy atom. The van der Waals surface area contributed by atoms with Crippen LogP contribution in [0.3, 0.4) is 0 Å². The average Bonchev–Trinajstić information content (AvgIpc) is 2.34. The van der Waals surface area contributed by atoms with Crippen LogP contribution >= 0.6 is 0 Å². The third-order valence-electron chi connectivity index (χ3n) is 1.11. The smallest absolute Gasteiger partial charge is 0.257 e. The molecule has 1 aromatic heterocycles. The van der Waals surface area contributed by atoms with E-state index in [1.165, 1.54) is 12.4 Å². The zero-order chi connectivity index (χ0) is 8.27. The van der Waals surface area contributed by atoms with Crippen LogP contribution in [0.1, 0.15) is 10.4 Å². The second kappa shape index (κ2) is 3.23. The van der Waals surface area contributed by atoms with Gasteiger partial charge in [-0.2, -0.15) is 5.10 Å². The maximum absolute atomic E-state index is 11.7. The van der Waals surface area contributed by atoms with Crippen LogP contribution in [0, 0.1) is 0 Å². The van der Waals surface area contributed by atoms with Crippen LogP contribution in [0.5, 0.6) is 0 Å². The first kappa shape index (κ1) is 7.84. The molecule has 5 heteroatoms. The maximum Gasteiger partial charge on any atom is 0.257 e. The third kappa shape index (κ3) is 2.10. The van der Waals surface area contributed by atoms with Gasteiger partial charge in [0.15, 0.2) is 6.29 Å². The van der Waals surface area contributed by atoms with E-state index in [0.717, 1.165) is 4.68 Å². The molecule has 1 rings (SSSR count). The minimum atomic E-state index is -2.44. The van der Waals surface area contributed by atoms with Crippen molar-refractivity contribution in [1.29, 1.82) is 0 Å². The van der Waals surface area contributed by atoms with Crippen molar-refractivity contribution in [3.63, 3.8) is 0 Å². The quantitative estimate of drug-likeness (QED) is 0.617. The molecule has 0 aromatic carbocycles. The Balaban J connectivity index is 2.65. The molecule has 0 atom stereocenters. The normalized spacial score (nSPS) is 10.5. The first-order valence-corrected chi connectivity index (χ1v) is 2.98. The lowest BCUT2D eigenvalue weighted by Crippen LogP contribution is -2.06. The predicted molar refractivity (Wildman–Crippen MR) is 33.6 cm³/mol. The number of hydrogen-bond acceptors (Lipinski definition) is 2. The first-order chi connectivity index (χ1) is 5.22. The summed E-state index contributed by atoms with van der Waals surface area (Å²) in [6.07, 6.45) is 0.651. The van der Waals surface area contributed by atoms with E-state index in [4.69, 9.17) is 0 Å². The summed E-state index contributed by atoms with van der Waals surface area (Å²) < 4.78 is 24.4. The summed E-state index contributed by atoms with van der Waals surface area (Å²) in [5.41, 5.74) is 0.311. The molecule has 60 valence electrons. The van der Waals surface area contributed by atoms with Gasteiger partial charge in [-0.3, -0.25) is 9.48 Å². The Morgan fingerprint density at radius 2 is 2.45 bits per heavy atom. The monoisotopic (exact) mass is 160 g/mol. The molecule has 0 aliphatic heterocycles. The highest BCUT2D eigenvalue weighted by Crippen LogP contribution is 1.99. The van der Waals surface area contributed by atoms with Gasteiger partial charge in [-0.25, -0.2) is 8.78 Å². The lowest BCUT2D eigenvalue weighted by atomic mass is 10.4. The number of nitrogens with zero attached hydrogens (tertiary/aromatic N) is 2.